The van der Waals surface area contributed by atoms with E-state index in [4.69, 9.17) is 5.73 Å². The first-order chi connectivity index (χ1) is 8.28. The zero-order chi connectivity index (χ0) is 13.8. The second-order valence-electron chi connectivity index (χ2n) is 3.30. The summed E-state index contributed by atoms with van der Waals surface area (Å²) in [5.41, 5.74) is 4.72. The van der Waals surface area contributed by atoms with Crippen molar-refractivity contribution in [3.8, 4) is 5.75 Å². The molecule has 18 heavy (non-hydrogen) atoms. The maximum Gasteiger partial charge on any atom is 0.573 e. The number of hydrogen-bond acceptors (Lipinski definition) is 2. The van der Waals surface area contributed by atoms with Gasteiger partial charge in [0.05, 0.1) is 0 Å². The van der Waals surface area contributed by atoms with Crippen molar-refractivity contribution in [1.29, 1.82) is 0 Å². The van der Waals surface area contributed by atoms with Gasteiger partial charge in [0.1, 0.15) is 11.6 Å². The number of ether oxygens (including phenoxy) is 1. The van der Waals surface area contributed by atoms with Crippen LogP contribution in [0.1, 0.15) is 12.0 Å². The fourth-order valence-electron chi connectivity index (χ4n) is 1.15. The van der Waals surface area contributed by atoms with E-state index in [0.29, 0.717) is 0 Å². The number of nitrogens with two attached hydrogens (primary N) is 1. The normalized spacial score (nSPS) is 11.8. The van der Waals surface area contributed by atoms with Crippen LogP contribution >= 0.6 is 0 Å². The van der Waals surface area contributed by atoms with Crippen LogP contribution in [0.25, 0.3) is 6.08 Å². The third kappa shape index (κ3) is 4.86. The number of amides is 1. The van der Waals surface area contributed by atoms with Gasteiger partial charge in [-0.3, -0.25) is 4.79 Å². The van der Waals surface area contributed by atoms with Crippen LogP contribution in [-0.4, -0.2) is 12.3 Å². The smallest absolute Gasteiger partial charge is 0.406 e. The second-order valence-corrected chi connectivity index (χ2v) is 3.30. The largest absolute Gasteiger partial charge is 0.573 e. The highest BCUT2D eigenvalue weighted by Gasteiger charge is 2.31. The maximum atomic E-state index is 13.2. The van der Waals surface area contributed by atoms with Gasteiger partial charge in [0.15, 0.2) is 0 Å². The first kappa shape index (κ1) is 14.0. The van der Waals surface area contributed by atoms with E-state index >= 15 is 0 Å². The molecule has 7 heteroatoms. The quantitative estimate of drug-likeness (QED) is 0.849. The van der Waals surface area contributed by atoms with Crippen LogP contribution in [0.2, 0.25) is 0 Å². The van der Waals surface area contributed by atoms with Gasteiger partial charge in [-0.05, 0) is 18.2 Å². The van der Waals surface area contributed by atoms with Crippen LogP contribution in [0.3, 0.4) is 0 Å². The lowest BCUT2D eigenvalue weighted by Crippen LogP contribution is -2.17. The Labute approximate surface area is 99.8 Å². The van der Waals surface area contributed by atoms with Gasteiger partial charge >= 0.3 is 6.36 Å². The average Bonchev–Trinajstić information content (AvgIpc) is 2.20. The Bertz CT molecular complexity index is 469. The number of rotatable bonds is 4. The van der Waals surface area contributed by atoms with E-state index in [2.05, 4.69) is 4.74 Å². The highest BCUT2D eigenvalue weighted by atomic mass is 19.4. The molecule has 2 N–H and O–H groups in total. The van der Waals surface area contributed by atoms with Crippen molar-refractivity contribution < 1.29 is 27.1 Å². The molecule has 0 aliphatic carbocycles. The molecule has 0 aromatic heterocycles. The zero-order valence-electron chi connectivity index (χ0n) is 9.00. The topological polar surface area (TPSA) is 52.3 Å². The average molecular weight is 263 g/mol. The molecule has 0 spiro atoms. The Morgan fingerprint density at radius 2 is 2.06 bits per heavy atom. The van der Waals surface area contributed by atoms with Gasteiger partial charge in [-0.15, -0.1) is 13.2 Å². The van der Waals surface area contributed by atoms with Crippen molar-refractivity contribution in [1.82, 2.24) is 0 Å². The van der Waals surface area contributed by atoms with Crippen LogP contribution < -0.4 is 10.5 Å². The molecule has 98 valence electrons. The molecule has 3 nitrogen and oxygen atoms in total. The van der Waals surface area contributed by atoms with Crippen molar-refractivity contribution in [3.05, 3.63) is 35.7 Å². The molecule has 1 aromatic rings. The van der Waals surface area contributed by atoms with E-state index in [0.717, 1.165) is 24.3 Å². The molecule has 1 amide bonds. The van der Waals surface area contributed by atoms with Crippen LogP contribution in [0.4, 0.5) is 17.6 Å². The van der Waals surface area contributed by atoms with Gasteiger partial charge in [0, 0.05) is 12.0 Å². The lowest BCUT2D eigenvalue weighted by atomic mass is 10.1. The third-order valence-electron chi connectivity index (χ3n) is 1.82. The summed E-state index contributed by atoms with van der Waals surface area (Å²) in [6, 6.07) is 2.57. The number of benzene rings is 1. The summed E-state index contributed by atoms with van der Waals surface area (Å²) in [7, 11) is 0. The van der Waals surface area contributed by atoms with Crippen LogP contribution in [0.15, 0.2) is 24.3 Å². The lowest BCUT2D eigenvalue weighted by molar-refractivity contribution is -0.274. The summed E-state index contributed by atoms with van der Waals surface area (Å²) in [5, 5.41) is 0. The van der Waals surface area contributed by atoms with E-state index in [1.807, 2.05) is 0 Å². The summed E-state index contributed by atoms with van der Waals surface area (Å²) < 4.78 is 52.7. The first-order valence-corrected chi connectivity index (χ1v) is 4.78. The first-order valence-electron chi connectivity index (χ1n) is 4.78. The maximum absolute atomic E-state index is 13.2. The lowest BCUT2D eigenvalue weighted by Gasteiger charge is -2.09. The van der Waals surface area contributed by atoms with Crippen molar-refractivity contribution in [2.75, 3.05) is 0 Å². The minimum Gasteiger partial charge on any atom is -0.406 e. The molecule has 0 aliphatic heterocycles. The summed E-state index contributed by atoms with van der Waals surface area (Å²) in [5.74, 6) is -1.90. The Morgan fingerprint density at radius 1 is 1.39 bits per heavy atom. The van der Waals surface area contributed by atoms with Gasteiger partial charge in [-0.2, -0.15) is 0 Å². The number of hydrogen-bond donors (Lipinski definition) is 1. The summed E-state index contributed by atoms with van der Waals surface area (Å²) in [6.07, 6.45) is -2.57. The van der Waals surface area contributed by atoms with Crippen molar-refractivity contribution in [3.63, 3.8) is 0 Å². The van der Waals surface area contributed by atoms with Gasteiger partial charge in [-0.25, -0.2) is 4.39 Å². The summed E-state index contributed by atoms with van der Waals surface area (Å²) >= 11 is 0. The van der Waals surface area contributed by atoms with E-state index in [1.165, 1.54) is 6.08 Å². The Morgan fingerprint density at radius 3 is 2.61 bits per heavy atom. The Kier molecular flexibility index (Phi) is 4.30. The molecule has 0 saturated heterocycles. The monoisotopic (exact) mass is 263 g/mol. The molecular formula is C11H9F4NO2. The van der Waals surface area contributed by atoms with E-state index in [9.17, 15) is 22.4 Å². The van der Waals surface area contributed by atoms with Crippen LogP contribution in [-0.2, 0) is 4.79 Å². The van der Waals surface area contributed by atoms with E-state index in [-0.39, 0.29) is 12.0 Å². The molecule has 0 unspecified atom stereocenters. The molecule has 0 saturated carbocycles. The molecule has 0 fully saturated rings. The minimum atomic E-state index is -4.84. The Balaban J connectivity index is 2.88. The third-order valence-corrected chi connectivity index (χ3v) is 1.82. The van der Waals surface area contributed by atoms with Crippen molar-refractivity contribution >= 4 is 12.0 Å². The van der Waals surface area contributed by atoms with Crippen molar-refractivity contribution in [2.24, 2.45) is 5.73 Å². The fraction of sp³-hybridized carbons (Fsp3) is 0.182. The molecule has 0 heterocycles. The molecule has 0 aliphatic rings. The highest BCUT2D eigenvalue weighted by molar-refractivity contribution is 5.76. The van der Waals surface area contributed by atoms with Gasteiger partial charge in [0.25, 0.3) is 0 Å². The molecule has 0 bridgehead atoms. The van der Waals surface area contributed by atoms with E-state index < -0.39 is 23.8 Å². The van der Waals surface area contributed by atoms with Crippen molar-refractivity contribution in [2.45, 2.75) is 12.8 Å². The predicted molar refractivity (Wildman–Crippen MR) is 55.9 cm³/mol. The molecule has 0 atom stereocenters. The van der Waals surface area contributed by atoms with Crippen LogP contribution in [0.5, 0.6) is 5.75 Å². The van der Waals surface area contributed by atoms with E-state index in [1.54, 1.807) is 0 Å². The van der Waals surface area contributed by atoms with Gasteiger partial charge in [0.2, 0.25) is 5.91 Å². The summed E-state index contributed by atoms with van der Waals surface area (Å²) in [6.45, 7) is 0. The SMILES string of the molecule is NC(=O)CC=Cc1cc(OC(F)(F)F)ccc1F. The fourth-order valence-corrected chi connectivity index (χ4v) is 1.15. The Hall–Kier alpha value is -2.05. The van der Waals surface area contributed by atoms with Crippen LogP contribution in [0, 0.1) is 5.82 Å². The number of halogens is 4. The molecule has 0 radical (unpaired) electrons. The highest BCUT2D eigenvalue weighted by Crippen LogP contribution is 2.25. The number of primary amides is 1. The predicted octanol–water partition coefficient (Wildman–Crippen LogP) is 2.61. The molecule has 1 aromatic carbocycles. The summed E-state index contributed by atoms with van der Waals surface area (Å²) in [4.78, 5) is 10.4. The number of carbonyl (C=O) groups is 1. The zero-order valence-corrected chi connectivity index (χ0v) is 9.00. The standard InChI is InChI=1S/C11H9F4NO2/c12-9-5-4-8(18-11(13,14)15)6-7(9)2-1-3-10(16)17/h1-2,4-6H,3H2,(H2,16,17). The number of carbonyl (C=O) groups excluding carboxylic acids is 1. The van der Waals surface area contributed by atoms with Gasteiger partial charge in [-0.1, -0.05) is 12.2 Å². The molecule has 1 rings (SSSR count). The number of alkyl halides is 3. The second kappa shape index (κ2) is 5.52. The molecular weight excluding hydrogens is 254 g/mol. The minimum absolute atomic E-state index is 0.127. The van der Waals surface area contributed by atoms with Gasteiger partial charge < -0.3 is 10.5 Å².